The Morgan fingerprint density at radius 1 is 0.894 bits per heavy atom. The number of hydrogen-bond donors (Lipinski definition) is 8. The average molecular weight is 667 g/mol. The zero-order chi connectivity index (χ0) is 34.7. The van der Waals surface area contributed by atoms with Gasteiger partial charge in [-0.25, -0.2) is 0 Å². The van der Waals surface area contributed by atoms with Crippen LogP contribution in [0.25, 0.3) is 0 Å². The number of ether oxygens (including phenoxy) is 2. The van der Waals surface area contributed by atoms with Gasteiger partial charge in [-0.05, 0) is 90.8 Å². The fourth-order valence-electron chi connectivity index (χ4n) is 12.3. The summed E-state index contributed by atoms with van der Waals surface area (Å²) in [7, 11) is 0. The van der Waals surface area contributed by atoms with Crippen molar-refractivity contribution in [1.82, 2.24) is 0 Å². The summed E-state index contributed by atoms with van der Waals surface area (Å²) in [5.41, 5.74) is -2.05. The highest BCUT2D eigenvalue weighted by Gasteiger charge is 2.71. The minimum Gasteiger partial charge on any atom is -0.481 e. The maximum atomic E-state index is 13.0. The van der Waals surface area contributed by atoms with Crippen LogP contribution in [0.4, 0.5) is 0 Å². The van der Waals surface area contributed by atoms with E-state index in [0.29, 0.717) is 25.7 Å². The largest absolute Gasteiger partial charge is 0.481 e. The Bertz CT molecular complexity index is 1270. The second-order valence-corrected chi connectivity index (χ2v) is 17.9. The minimum atomic E-state index is -1.62. The van der Waals surface area contributed by atoms with Crippen LogP contribution in [0.15, 0.2) is 11.6 Å². The molecular weight excluding hydrogens is 608 g/mol. The number of fused-ring (bicyclic) bond motifs is 7. The van der Waals surface area contributed by atoms with Crippen molar-refractivity contribution in [3.05, 3.63) is 11.6 Å². The summed E-state index contributed by atoms with van der Waals surface area (Å²) < 4.78 is 11.9. The van der Waals surface area contributed by atoms with E-state index in [0.717, 1.165) is 19.3 Å². The normalized spacial score (nSPS) is 55.5. The lowest BCUT2D eigenvalue weighted by Crippen LogP contribution is -2.69. The first-order chi connectivity index (χ1) is 21.8. The van der Waals surface area contributed by atoms with E-state index < -0.39 is 83.3 Å². The maximum Gasteiger partial charge on any atom is 0.310 e. The molecule has 47 heavy (non-hydrogen) atoms. The first-order valence-corrected chi connectivity index (χ1v) is 17.6. The number of carboxylic acids is 1. The molecule has 6 aliphatic rings. The monoisotopic (exact) mass is 666 g/mol. The number of allylic oxidation sites excluding steroid dienone is 2. The van der Waals surface area contributed by atoms with Gasteiger partial charge in [-0.2, -0.15) is 0 Å². The summed E-state index contributed by atoms with van der Waals surface area (Å²) in [6, 6.07) is 0. The van der Waals surface area contributed by atoms with Gasteiger partial charge in [0.05, 0.1) is 36.9 Å². The topological polar surface area (TPSA) is 197 Å². The second kappa shape index (κ2) is 11.4. The van der Waals surface area contributed by atoms with Crippen molar-refractivity contribution >= 4 is 5.97 Å². The lowest BCUT2D eigenvalue weighted by atomic mass is 9.33. The van der Waals surface area contributed by atoms with Crippen molar-refractivity contribution in [1.29, 1.82) is 0 Å². The summed E-state index contributed by atoms with van der Waals surface area (Å²) in [6.07, 6.45) is -3.01. The number of aliphatic hydroxyl groups excluding tert-OH is 7. The maximum absolute atomic E-state index is 13.0. The zero-order valence-corrected chi connectivity index (χ0v) is 28.8. The Hall–Kier alpha value is -1.15. The van der Waals surface area contributed by atoms with Crippen LogP contribution in [0.2, 0.25) is 0 Å². The van der Waals surface area contributed by atoms with E-state index in [1.165, 1.54) is 5.57 Å². The molecule has 0 spiro atoms. The van der Waals surface area contributed by atoms with Gasteiger partial charge in [0, 0.05) is 5.41 Å². The molecule has 11 heteroatoms. The highest BCUT2D eigenvalue weighted by molar-refractivity contribution is 5.77. The lowest BCUT2D eigenvalue weighted by molar-refractivity contribution is -0.345. The molecule has 0 aromatic carbocycles. The Morgan fingerprint density at radius 3 is 2.19 bits per heavy atom. The van der Waals surface area contributed by atoms with Gasteiger partial charge in [0.25, 0.3) is 0 Å². The van der Waals surface area contributed by atoms with Crippen LogP contribution >= 0.6 is 0 Å². The van der Waals surface area contributed by atoms with Crippen molar-refractivity contribution in [2.45, 2.75) is 142 Å². The van der Waals surface area contributed by atoms with Crippen molar-refractivity contribution in [2.24, 2.45) is 50.2 Å². The average Bonchev–Trinajstić information content (AvgIpc) is 3.00. The standard InChI is InChI=1S/C36H58O11/c1-31(2)13-19-18-7-8-23-32(3)14-20(39)28(47-29-27(43)26(42)25(41)21(16-37)46-29)33(4,17-38)22(32)9-10-35(23,6)34(18,5)11-12-36(19,30(44)45)15-24(31)40/h7,19-29,37-43H,8-17H2,1-6H3,(H,44,45)/t19-,20-,21-,22+,23-,24-,25-,26+,27-,28-,29+,32-,33+,34-,35-,36-/m1/s1. The molecule has 0 unspecified atom stereocenters. The van der Waals surface area contributed by atoms with Crippen molar-refractivity contribution in [3.63, 3.8) is 0 Å². The molecular formula is C36H58O11. The molecule has 0 bridgehead atoms. The van der Waals surface area contributed by atoms with E-state index in [1.807, 2.05) is 20.8 Å². The number of carbonyl (C=O) groups is 1. The van der Waals surface area contributed by atoms with Gasteiger partial charge in [-0.3, -0.25) is 4.79 Å². The highest BCUT2D eigenvalue weighted by Crippen LogP contribution is 2.76. The van der Waals surface area contributed by atoms with Gasteiger partial charge in [0.1, 0.15) is 24.4 Å². The molecule has 6 rings (SSSR count). The SMILES string of the molecule is CC1(C)C[C@@H]2C3=CC[C@@H]4[C@]5(C)C[C@@H](O)[C@@H](O[C@@H]6O[C@H](CO)[C@@H](O)[C@H](O)[C@H]6O)[C@@](C)(CO)[C@H]5CC[C@@]4(C)[C@]3(C)CC[C@@]2(C(=O)O)C[C@H]1O. The number of hydrogen-bond acceptors (Lipinski definition) is 10. The van der Waals surface area contributed by atoms with E-state index >= 15 is 0 Å². The molecule has 4 saturated carbocycles. The zero-order valence-electron chi connectivity index (χ0n) is 28.8. The van der Waals surface area contributed by atoms with E-state index in [1.54, 1.807) is 0 Å². The Labute approximate surface area is 278 Å². The molecule has 268 valence electrons. The predicted molar refractivity (Wildman–Crippen MR) is 170 cm³/mol. The third kappa shape index (κ3) is 4.74. The molecule has 0 aromatic heterocycles. The summed E-state index contributed by atoms with van der Waals surface area (Å²) in [4.78, 5) is 13.0. The number of aliphatic carboxylic acids is 1. The summed E-state index contributed by atoms with van der Waals surface area (Å²) >= 11 is 0. The fraction of sp³-hybridized carbons (Fsp3) is 0.917. The first-order valence-electron chi connectivity index (χ1n) is 17.6. The molecule has 0 amide bonds. The lowest BCUT2D eigenvalue weighted by Gasteiger charge is -2.72. The van der Waals surface area contributed by atoms with Crippen LogP contribution in [0.1, 0.15) is 92.9 Å². The van der Waals surface area contributed by atoms with Crippen LogP contribution in [-0.2, 0) is 14.3 Å². The number of carboxylic acid groups (broad SMARTS) is 1. The van der Waals surface area contributed by atoms with E-state index in [-0.39, 0.29) is 41.6 Å². The van der Waals surface area contributed by atoms with E-state index in [4.69, 9.17) is 9.47 Å². The van der Waals surface area contributed by atoms with Crippen molar-refractivity contribution in [3.8, 4) is 0 Å². The summed E-state index contributed by atoms with van der Waals surface area (Å²) in [5.74, 6) is -0.949. The van der Waals surface area contributed by atoms with Crippen LogP contribution in [0, 0.1) is 50.2 Å². The van der Waals surface area contributed by atoms with Crippen LogP contribution in [-0.4, -0.2) is 109 Å². The molecule has 0 radical (unpaired) electrons. The minimum absolute atomic E-state index is 0.0830. The molecule has 1 heterocycles. The smallest absolute Gasteiger partial charge is 0.310 e. The van der Waals surface area contributed by atoms with Crippen LogP contribution in [0.3, 0.4) is 0 Å². The Morgan fingerprint density at radius 2 is 1.57 bits per heavy atom. The molecule has 16 atom stereocenters. The number of aliphatic hydroxyl groups is 7. The van der Waals surface area contributed by atoms with Crippen LogP contribution in [0.5, 0.6) is 0 Å². The van der Waals surface area contributed by atoms with Crippen molar-refractivity contribution < 1.29 is 55.1 Å². The van der Waals surface area contributed by atoms with Gasteiger partial charge >= 0.3 is 5.97 Å². The highest BCUT2D eigenvalue weighted by atomic mass is 16.7. The fourth-order valence-corrected chi connectivity index (χ4v) is 12.3. The first kappa shape index (κ1) is 35.7. The Balaban J connectivity index is 1.34. The third-order valence-corrected chi connectivity index (χ3v) is 15.4. The third-order valence-electron chi connectivity index (χ3n) is 15.4. The van der Waals surface area contributed by atoms with E-state index in [2.05, 4.69) is 26.8 Å². The second-order valence-electron chi connectivity index (χ2n) is 17.9. The molecule has 1 aliphatic heterocycles. The van der Waals surface area contributed by atoms with E-state index in [9.17, 15) is 45.6 Å². The predicted octanol–water partition coefficient (Wildman–Crippen LogP) is 1.97. The Kier molecular flexibility index (Phi) is 8.68. The van der Waals surface area contributed by atoms with Gasteiger partial charge in [-0.15, -0.1) is 0 Å². The summed E-state index contributed by atoms with van der Waals surface area (Å²) in [5, 5.41) is 85.7. The van der Waals surface area contributed by atoms with Gasteiger partial charge < -0.3 is 50.3 Å². The number of rotatable bonds is 5. The van der Waals surface area contributed by atoms with Gasteiger partial charge in [-0.1, -0.05) is 53.2 Å². The molecule has 11 nitrogen and oxygen atoms in total. The molecule has 1 saturated heterocycles. The molecule has 5 aliphatic carbocycles. The molecule has 5 fully saturated rings. The van der Waals surface area contributed by atoms with Crippen LogP contribution < -0.4 is 0 Å². The summed E-state index contributed by atoms with van der Waals surface area (Å²) in [6.45, 7) is 12.0. The quantitative estimate of drug-likeness (QED) is 0.158. The van der Waals surface area contributed by atoms with Crippen molar-refractivity contribution in [2.75, 3.05) is 13.2 Å². The molecule has 8 N–H and O–H groups in total. The van der Waals surface area contributed by atoms with Gasteiger partial charge in [0.15, 0.2) is 6.29 Å². The van der Waals surface area contributed by atoms with Gasteiger partial charge in [0.2, 0.25) is 0 Å². The molecule has 0 aromatic rings.